The second-order valence-corrected chi connectivity index (χ2v) is 7.54. The van der Waals surface area contributed by atoms with Crippen LogP contribution >= 0.6 is 15.9 Å². The molecule has 2 unspecified atom stereocenters. The van der Waals surface area contributed by atoms with E-state index >= 15 is 0 Å². The lowest BCUT2D eigenvalue weighted by molar-refractivity contribution is 0.352. The van der Waals surface area contributed by atoms with Gasteiger partial charge in [-0.2, -0.15) is 5.26 Å². The molecule has 3 aromatic rings. The molecule has 1 aliphatic rings. The smallest absolute Gasteiger partial charge is 0.205 e. The lowest BCUT2D eigenvalue weighted by Gasteiger charge is -2.31. The maximum absolute atomic E-state index is 9.79. The number of aryl methyl sites for hydroxylation is 1. The number of aromatic nitrogens is 1. The van der Waals surface area contributed by atoms with E-state index in [-0.39, 0.29) is 11.8 Å². The van der Waals surface area contributed by atoms with Gasteiger partial charge in [-0.3, -0.25) is 5.41 Å². The van der Waals surface area contributed by atoms with E-state index in [1.165, 1.54) is 0 Å². The van der Waals surface area contributed by atoms with Gasteiger partial charge in [0.15, 0.2) is 11.5 Å². The minimum Gasteiger partial charge on any atom is -0.493 e. The fourth-order valence-electron chi connectivity index (χ4n) is 3.82. The number of nitrogens with zero attached hydrogens (tertiary/aromatic N) is 1. The largest absolute Gasteiger partial charge is 0.493 e. The maximum Gasteiger partial charge on any atom is 0.205 e. The Morgan fingerprint density at radius 3 is 2.68 bits per heavy atom. The van der Waals surface area contributed by atoms with Crippen LogP contribution in [-0.4, -0.2) is 25.1 Å². The highest BCUT2D eigenvalue weighted by Crippen LogP contribution is 2.48. The van der Waals surface area contributed by atoms with Gasteiger partial charge in [-0.05, 0) is 52.7 Å². The van der Waals surface area contributed by atoms with Crippen LogP contribution in [0.25, 0.3) is 10.9 Å². The molecule has 0 aliphatic carbocycles. The monoisotopic (exact) mass is 439 g/mol. The molecule has 2 heterocycles. The van der Waals surface area contributed by atoms with E-state index in [1.807, 2.05) is 37.3 Å². The Morgan fingerprint density at radius 1 is 1.21 bits per heavy atom. The first-order valence-corrected chi connectivity index (χ1v) is 9.47. The third kappa shape index (κ3) is 2.72. The van der Waals surface area contributed by atoms with Gasteiger partial charge in [0.25, 0.3) is 0 Å². The van der Waals surface area contributed by atoms with Gasteiger partial charge < -0.3 is 19.2 Å². The zero-order chi connectivity index (χ0) is 20.0. The molecule has 0 amide bonds. The summed E-state index contributed by atoms with van der Waals surface area (Å²) < 4.78 is 17.4. The summed E-state index contributed by atoms with van der Waals surface area (Å²) in [6.45, 7) is 1.97. The summed E-state index contributed by atoms with van der Waals surface area (Å²) in [7, 11) is 3.15. The van der Waals surface area contributed by atoms with Crippen LogP contribution in [0.3, 0.4) is 0 Å². The minimum atomic E-state index is -0.741. The van der Waals surface area contributed by atoms with E-state index in [4.69, 9.17) is 19.6 Å². The van der Waals surface area contributed by atoms with Crippen molar-refractivity contribution in [3.63, 3.8) is 0 Å². The third-order valence-electron chi connectivity index (χ3n) is 5.04. The third-order valence-corrected chi connectivity index (χ3v) is 5.63. The van der Waals surface area contributed by atoms with Crippen molar-refractivity contribution in [2.45, 2.75) is 12.8 Å². The fraction of sp³-hybridized carbons (Fsp3) is 0.238. The number of rotatable bonds is 3. The van der Waals surface area contributed by atoms with E-state index in [0.717, 1.165) is 32.2 Å². The number of nitriles is 1. The molecule has 4 rings (SSSR count). The summed E-state index contributed by atoms with van der Waals surface area (Å²) in [5.74, 6) is 0.596. The minimum absolute atomic E-state index is 0.0581. The van der Waals surface area contributed by atoms with Crippen molar-refractivity contribution in [1.29, 1.82) is 10.7 Å². The number of halogens is 1. The van der Waals surface area contributed by atoms with Crippen LogP contribution in [0, 0.1) is 29.6 Å². The number of methoxy groups -OCH3 is 2. The van der Waals surface area contributed by atoms with Crippen LogP contribution in [0.15, 0.2) is 34.8 Å². The highest BCUT2D eigenvalue weighted by molar-refractivity contribution is 9.10. The number of ether oxygens (including phenoxy) is 3. The second-order valence-electron chi connectivity index (χ2n) is 6.69. The number of fused-ring (bicyclic) bond motifs is 3. The lowest BCUT2D eigenvalue weighted by atomic mass is 9.78. The molecule has 0 fully saturated rings. The van der Waals surface area contributed by atoms with Crippen molar-refractivity contribution in [3.05, 3.63) is 51.6 Å². The Kier molecular flexibility index (Phi) is 4.52. The average molecular weight is 440 g/mol. The number of H-pyrrole nitrogens is 1. The first-order valence-electron chi connectivity index (χ1n) is 8.68. The van der Waals surface area contributed by atoms with Gasteiger partial charge in [-0.25, -0.2) is 0 Å². The molecule has 142 valence electrons. The highest BCUT2D eigenvalue weighted by atomic mass is 79.9. The summed E-state index contributed by atoms with van der Waals surface area (Å²) in [6.07, 6.45) is 0. The van der Waals surface area contributed by atoms with Crippen molar-refractivity contribution in [3.8, 4) is 23.3 Å². The standard InChI is InChI=1S/C21H18BrN3O3/c1-10-6-13-16(25-10)5-4-12-18(14(9-23)21(24)28-19(12)13)11-7-15(22)20(27-3)17(8-11)26-2/h4-8,14,18,24-25H,1-3H3. The van der Waals surface area contributed by atoms with Gasteiger partial charge in [0, 0.05) is 28.1 Å². The van der Waals surface area contributed by atoms with Gasteiger partial charge in [-0.1, -0.05) is 6.07 Å². The molecule has 28 heavy (non-hydrogen) atoms. The fourth-order valence-corrected chi connectivity index (χ4v) is 4.44. The zero-order valence-corrected chi connectivity index (χ0v) is 17.2. The molecule has 6 nitrogen and oxygen atoms in total. The molecule has 7 heteroatoms. The Hall–Kier alpha value is -2.98. The molecule has 2 N–H and O–H groups in total. The van der Waals surface area contributed by atoms with Crippen LogP contribution in [0.5, 0.6) is 17.2 Å². The van der Waals surface area contributed by atoms with E-state index < -0.39 is 5.92 Å². The van der Waals surface area contributed by atoms with Crippen LogP contribution in [0.4, 0.5) is 0 Å². The average Bonchev–Trinajstić information content (AvgIpc) is 3.07. The maximum atomic E-state index is 9.79. The number of hydrogen-bond donors (Lipinski definition) is 2. The second kappa shape index (κ2) is 6.88. The van der Waals surface area contributed by atoms with Gasteiger partial charge >= 0.3 is 0 Å². The quantitative estimate of drug-likeness (QED) is 0.606. The van der Waals surface area contributed by atoms with Gasteiger partial charge in [-0.15, -0.1) is 0 Å². The zero-order valence-electron chi connectivity index (χ0n) is 15.6. The van der Waals surface area contributed by atoms with Crippen molar-refractivity contribution in [2.75, 3.05) is 14.2 Å². The normalized spacial score (nSPS) is 18.3. The van der Waals surface area contributed by atoms with Crippen LogP contribution in [-0.2, 0) is 0 Å². The SMILES string of the molecule is COc1cc(C2c3ccc4[nH]c(C)cc4c3OC(=N)C2C#N)cc(Br)c1OC. The molecule has 1 aromatic heterocycles. The summed E-state index contributed by atoms with van der Waals surface area (Å²) in [5, 5.41) is 19.0. The van der Waals surface area contributed by atoms with Crippen molar-refractivity contribution in [1.82, 2.24) is 4.98 Å². The highest BCUT2D eigenvalue weighted by Gasteiger charge is 2.38. The van der Waals surface area contributed by atoms with E-state index in [1.54, 1.807) is 14.2 Å². The molecular formula is C21H18BrN3O3. The molecule has 0 saturated heterocycles. The molecule has 1 aliphatic heterocycles. The van der Waals surface area contributed by atoms with Crippen molar-refractivity contribution < 1.29 is 14.2 Å². The van der Waals surface area contributed by atoms with Crippen molar-refractivity contribution in [2.24, 2.45) is 5.92 Å². The van der Waals surface area contributed by atoms with E-state index in [0.29, 0.717) is 17.2 Å². The van der Waals surface area contributed by atoms with Gasteiger partial charge in [0.1, 0.15) is 11.7 Å². The molecule has 2 atom stereocenters. The molecule has 0 radical (unpaired) electrons. The van der Waals surface area contributed by atoms with Gasteiger partial charge in [0.05, 0.1) is 24.8 Å². The molecule has 0 bridgehead atoms. The predicted molar refractivity (Wildman–Crippen MR) is 110 cm³/mol. The summed E-state index contributed by atoms with van der Waals surface area (Å²) in [6, 6.07) is 11.9. The van der Waals surface area contributed by atoms with E-state index in [2.05, 4.69) is 27.0 Å². The Morgan fingerprint density at radius 2 is 2.00 bits per heavy atom. The summed E-state index contributed by atoms with van der Waals surface area (Å²) >= 11 is 3.53. The molecule has 2 aromatic carbocycles. The lowest BCUT2D eigenvalue weighted by Crippen LogP contribution is -2.31. The van der Waals surface area contributed by atoms with Crippen LogP contribution in [0.2, 0.25) is 0 Å². The molecular weight excluding hydrogens is 422 g/mol. The number of hydrogen-bond acceptors (Lipinski definition) is 5. The van der Waals surface area contributed by atoms with Crippen molar-refractivity contribution >= 4 is 32.7 Å². The number of nitrogens with one attached hydrogen (secondary N) is 2. The first kappa shape index (κ1) is 18.4. The topological polar surface area (TPSA) is 91.1 Å². The Bertz CT molecular complexity index is 1150. The molecule has 0 spiro atoms. The first-order chi connectivity index (χ1) is 13.5. The Balaban J connectivity index is 1.98. The number of aromatic amines is 1. The number of benzene rings is 2. The van der Waals surface area contributed by atoms with Crippen LogP contribution < -0.4 is 14.2 Å². The predicted octanol–water partition coefficient (Wildman–Crippen LogP) is 4.90. The Labute approximate surface area is 170 Å². The molecule has 0 saturated carbocycles. The van der Waals surface area contributed by atoms with E-state index in [9.17, 15) is 5.26 Å². The van der Waals surface area contributed by atoms with Crippen LogP contribution in [0.1, 0.15) is 22.7 Å². The summed E-state index contributed by atoms with van der Waals surface area (Å²) in [4.78, 5) is 3.29. The van der Waals surface area contributed by atoms with Gasteiger partial charge in [0.2, 0.25) is 5.90 Å². The summed E-state index contributed by atoms with van der Waals surface area (Å²) in [5.41, 5.74) is 3.66.